The van der Waals surface area contributed by atoms with E-state index < -0.39 is 5.92 Å². The first-order valence-electron chi connectivity index (χ1n) is 8.20. The molecule has 5 nitrogen and oxygen atoms in total. The van der Waals surface area contributed by atoms with Crippen LogP contribution in [0, 0.1) is 5.92 Å². The van der Waals surface area contributed by atoms with Gasteiger partial charge in [-0.05, 0) is 47.3 Å². The van der Waals surface area contributed by atoms with Crippen molar-refractivity contribution in [1.82, 2.24) is 5.32 Å². The Morgan fingerprint density at radius 3 is 2.70 bits per heavy atom. The molecule has 3 N–H and O–H groups in total. The maximum absolute atomic E-state index is 12.6. The van der Waals surface area contributed by atoms with Crippen LogP contribution < -0.4 is 16.0 Å². The van der Waals surface area contributed by atoms with Crippen LogP contribution in [0.15, 0.2) is 28.7 Å². The first-order valence-corrected chi connectivity index (χ1v) is 8.99. The van der Waals surface area contributed by atoms with Gasteiger partial charge in [0.05, 0.1) is 5.69 Å². The number of anilines is 1. The lowest BCUT2D eigenvalue weighted by Crippen LogP contribution is -2.51. The molecular formula is C17H22BrN3O2. The topological polar surface area (TPSA) is 75.4 Å². The first kappa shape index (κ1) is 16.5. The van der Waals surface area contributed by atoms with Gasteiger partial charge in [0, 0.05) is 23.1 Å². The van der Waals surface area contributed by atoms with E-state index in [2.05, 4.69) is 21.2 Å². The molecule has 6 heteroatoms. The Balaban J connectivity index is 1.67. The van der Waals surface area contributed by atoms with Crippen LogP contribution in [-0.2, 0) is 9.59 Å². The fourth-order valence-electron chi connectivity index (χ4n) is 3.46. The van der Waals surface area contributed by atoms with Gasteiger partial charge in [-0.15, -0.1) is 0 Å². The van der Waals surface area contributed by atoms with Gasteiger partial charge in [-0.2, -0.15) is 0 Å². The lowest BCUT2D eigenvalue weighted by Gasteiger charge is -2.30. The van der Waals surface area contributed by atoms with Gasteiger partial charge >= 0.3 is 0 Å². The Morgan fingerprint density at radius 1 is 1.22 bits per heavy atom. The van der Waals surface area contributed by atoms with E-state index in [0.29, 0.717) is 13.0 Å². The summed E-state index contributed by atoms with van der Waals surface area (Å²) >= 11 is 3.47. The molecule has 1 saturated carbocycles. The normalized spacial score (nSPS) is 28.0. The summed E-state index contributed by atoms with van der Waals surface area (Å²) in [7, 11) is 0. The summed E-state index contributed by atoms with van der Waals surface area (Å²) in [6, 6.07) is 7.59. The van der Waals surface area contributed by atoms with Gasteiger partial charge in [0.1, 0.15) is 5.92 Å². The molecule has 3 rings (SSSR count). The summed E-state index contributed by atoms with van der Waals surface area (Å²) in [6.45, 7) is 0.566. The van der Waals surface area contributed by atoms with E-state index in [4.69, 9.17) is 5.73 Å². The maximum atomic E-state index is 12.6. The zero-order valence-corrected chi connectivity index (χ0v) is 14.6. The van der Waals surface area contributed by atoms with Gasteiger partial charge < -0.3 is 16.0 Å². The highest BCUT2D eigenvalue weighted by atomic mass is 79.9. The molecule has 1 aliphatic heterocycles. The van der Waals surface area contributed by atoms with E-state index in [1.54, 1.807) is 4.90 Å². The van der Waals surface area contributed by atoms with E-state index in [1.165, 1.54) is 0 Å². The first-order chi connectivity index (χ1) is 11.1. The summed E-state index contributed by atoms with van der Waals surface area (Å²) in [5.74, 6) is -0.901. The third kappa shape index (κ3) is 3.43. The van der Waals surface area contributed by atoms with Crippen LogP contribution in [0.4, 0.5) is 5.69 Å². The van der Waals surface area contributed by atoms with Crippen LogP contribution in [0.5, 0.6) is 0 Å². The Labute approximate surface area is 144 Å². The number of halogens is 1. The maximum Gasteiger partial charge on any atom is 0.239 e. The number of amides is 2. The summed E-state index contributed by atoms with van der Waals surface area (Å²) in [6.07, 6.45) is 4.59. The molecule has 124 valence electrons. The molecule has 1 aromatic carbocycles. The van der Waals surface area contributed by atoms with Gasteiger partial charge in [0.25, 0.3) is 0 Å². The van der Waals surface area contributed by atoms with Crippen molar-refractivity contribution in [2.45, 2.75) is 44.2 Å². The highest BCUT2D eigenvalue weighted by Gasteiger charge is 2.39. The van der Waals surface area contributed by atoms with Crippen molar-refractivity contribution in [3.8, 4) is 0 Å². The fourth-order valence-corrected chi connectivity index (χ4v) is 3.95. The van der Waals surface area contributed by atoms with E-state index in [0.717, 1.165) is 35.8 Å². The SMILES string of the molecule is N[C@@H]1CCCC[C@H]1NC(=O)[C@@H]1CCN(c2ccccc2Br)C1=O. The van der Waals surface area contributed by atoms with Crippen LogP contribution in [0.2, 0.25) is 0 Å². The quantitative estimate of drug-likeness (QED) is 0.790. The number of hydrogen-bond acceptors (Lipinski definition) is 3. The lowest BCUT2D eigenvalue weighted by atomic mass is 9.90. The molecule has 1 saturated heterocycles. The van der Waals surface area contributed by atoms with Crippen molar-refractivity contribution >= 4 is 33.4 Å². The van der Waals surface area contributed by atoms with Gasteiger partial charge in [-0.3, -0.25) is 9.59 Å². The van der Waals surface area contributed by atoms with Gasteiger partial charge in [-0.1, -0.05) is 25.0 Å². The summed E-state index contributed by atoms with van der Waals surface area (Å²) < 4.78 is 0.865. The Hall–Kier alpha value is -1.40. The number of benzene rings is 1. The third-order valence-corrected chi connectivity index (χ3v) is 5.48. The third-order valence-electron chi connectivity index (χ3n) is 4.81. The van der Waals surface area contributed by atoms with E-state index in [1.807, 2.05) is 24.3 Å². The monoisotopic (exact) mass is 379 g/mol. The van der Waals surface area contributed by atoms with Crippen molar-refractivity contribution in [2.24, 2.45) is 11.7 Å². The number of para-hydroxylation sites is 1. The van der Waals surface area contributed by atoms with E-state index in [9.17, 15) is 9.59 Å². The molecule has 2 fully saturated rings. The second kappa shape index (κ2) is 7.01. The van der Waals surface area contributed by atoms with Crippen molar-refractivity contribution in [1.29, 1.82) is 0 Å². The number of nitrogens with two attached hydrogens (primary N) is 1. The molecule has 2 aliphatic rings. The molecular weight excluding hydrogens is 358 g/mol. The van der Waals surface area contributed by atoms with E-state index >= 15 is 0 Å². The van der Waals surface area contributed by atoms with E-state index in [-0.39, 0.29) is 23.9 Å². The van der Waals surface area contributed by atoms with Crippen molar-refractivity contribution < 1.29 is 9.59 Å². The Kier molecular flexibility index (Phi) is 5.02. The zero-order chi connectivity index (χ0) is 16.4. The Morgan fingerprint density at radius 2 is 1.96 bits per heavy atom. The highest BCUT2D eigenvalue weighted by Crippen LogP contribution is 2.31. The predicted octanol–water partition coefficient (Wildman–Crippen LogP) is 2.19. The molecule has 0 radical (unpaired) electrons. The van der Waals surface area contributed by atoms with Crippen LogP contribution in [0.25, 0.3) is 0 Å². The van der Waals surface area contributed by atoms with Crippen LogP contribution in [-0.4, -0.2) is 30.4 Å². The minimum absolute atomic E-state index is 0.00145. The van der Waals surface area contributed by atoms with Crippen LogP contribution in [0.1, 0.15) is 32.1 Å². The van der Waals surface area contributed by atoms with Crippen molar-refractivity contribution in [3.63, 3.8) is 0 Å². The lowest BCUT2D eigenvalue weighted by molar-refractivity contribution is -0.132. The smallest absolute Gasteiger partial charge is 0.239 e. The predicted molar refractivity (Wildman–Crippen MR) is 93.0 cm³/mol. The number of nitrogens with one attached hydrogen (secondary N) is 1. The fraction of sp³-hybridized carbons (Fsp3) is 0.529. The number of carbonyl (C=O) groups is 2. The van der Waals surface area contributed by atoms with Crippen LogP contribution >= 0.6 is 15.9 Å². The highest BCUT2D eigenvalue weighted by molar-refractivity contribution is 9.10. The van der Waals surface area contributed by atoms with Gasteiger partial charge in [-0.25, -0.2) is 0 Å². The number of nitrogens with zero attached hydrogens (tertiary/aromatic N) is 1. The largest absolute Gasteiger partial charge is 0.351 e. The average molecular weight is 380 g/mol. The molecule has 2 amide bonds. The number of carbonyl (C=O) groups excluding carboxylic acids is 2. The number of rotatable bonds is 3. The molecule has 1 aromatic rings. The zero-order valence-electron chi connectivity index (χ0n) is 13.0. The molecule has 1 aliphatic carbocycles. The molecule has 0 spiro atoms. The van der Waals surface area contributed by atoms with Crippen molar-refractivity contribution in [2.75, 3.05) is 11.4 Å². The summed E-state index contributed by atoms with van der Waals surface area (Å²) in [4.78, 5) is 26.8. The molecule has 23 heavy (non-hydrogen) atoms. The van der Waals surface area contributed by atoms with Gasteiger partial charge in [0.2, 0.25) is 11.8 Å². The second-order valence-corrected chi connectivity index (χ2v) is 7.20. The molecule has 0 bridgehead atoms. The minimum atomic E-state index is -0.601. The molecule has 0 unspecified atom stereocenters. The number of hydrogen-bond donors (Lipinski definition) is 2. The molecule has 1 heterocycles. The van der Waals surface area contributed by atoms with Gasteiger partial charge in [0.15, 0.2) is 0 Å². The Bertz CT molecular complexity index is 607. The summed E-state index contributed by atoms with van der Waals surface area (Å²) in [5, 5.41) is 3.00. The minimum Gasteiger partial charge on any atom is -0.351 e. The average Bonchev–Trinajstić information content (AvgIpc) is 2.92. The second-order valence-electron chi connectivity index (χ2n) is 6.35. The standard InChI is InChI=1S/C17H22BrN3O2/c18-12-5-1-4-8-15(12)21-10-9-11(17(21)23)16(22)20-14-7-3-2-6-13(14)19/h1,4-5,8,11,13-14H,2-3,6-7,9-10,19H2,(H,20,22)/t11-,13+,14+/m0/s1. The molecule has 0 aromatic heterocycles. The van der Waals surface area contributed by atoms with Crippen molar-refractivity contribution in [3.05, 3.63) is 28.7 Å². The van der Waals surface area contributed by atoms with Crippen LogP contribution in [0.3, 0.4) is 0 Å². The summed E-state index contributed by atoms with van der Waals surface area (Å²) in [5.41, 5.74) is 6.90. The molecule has 3 atom stereocenters.